The minimum Gasteiger partial charge on any atom is -0.466 e. The van der Waals surface area contributed by atoms with E-state index in [1.807, 2.05) is 30.3 Å². The van der Waals surface area contributed by atoms with Crippen LogP contribution in [0.5, 0.6) is 0 Å². The normalized spacial score (nSPS) is 18.0. The van der Waals surface area contributed by atoms with E-state index in [4.69, 9.17) is 4.74 Å². The molecule has 112 valence electrons. The van der Waals surface area contributed by atoms with Crippen molar-refractivity contribution in [3.8, 4) is 0 Å². The van der Waals surface area contributed by atoms with E-state index in [9.17, 15) is 14.4 Å². The number of imide groups is 1. The van der Waals surface area contributed by atoms with Crippen LogP contribution in [0.2, 0.25) is 0 Å². The van der Waals surface area contributed by atoms with E-state index in [0.29, 0.717) is 0 Å². The molecule has 1 heterocycles. The first-order chi connectivity index (χ1) is 10.1. The molecule has 7 heteroatoms. The minimum absolute atomic E-state index is 0.0785. The number of anilines is 1. The molecule has 21 heavy (non-hydrogen) atoms. The van der Waals surface area contributed by atoms with E-state index in [-0.39, 0.29) is 30.8 Å². The summed E-state index contributed by atoms with van der Waals surface area (Å²) in [5.41, 5.74) is 0.817. The van der Waals surface area contributed by atoms with Crippen molar-refractivity contribution >= 4 is 34.6 Å². The van der Waals surface area contributed by atoms with Gasteiger partial charge in [-0.15, -0.1) is 0 Å². The summed E-state index contributed by atoms with van der Waals surface area (Å²) in [5.74, 6) is -0.824. The molecule has 0 aromatic heterocycles. The summed E-state index contributed by atoms with van der Waals surface area (Å²) in [7, 11) is 0. The van der Waals surface area contributed by atoms with Crippen LogP contribution in [0.15, 0.2) is 30.3 Å². The second kappa shape index (κ2) is 7.12. The van der Waals surface area contributed by atoms with Gasteiger partial charge in [-0.3, -0.25) is 19.3 Å². The number of nitrogens with one attached hydrogen (secondary N) is 1. The van der Waals surface area contributed by atoms with Crippen LogP contribution in [0.4, 0.5) is 10.5 Å². The Bertz CT molecular complexity index is 535. The van der Waals surface area contributed by atoms with E-state index >= 15 is 0 Å². The lowest BCUT2D eigenvalue weighted by Gasteiger charge is -2.15. The fourth-order valence-electron chi connectivity index (χ4n) is 1.87. The number of rotatable bonds is 6. The van der Waals surface area contributed by atoms with Crippen LogP contribution in [0.1, 0.15) is 13.3 Å². The molecule has 0 bridgehead atoms. The van der Waals surface area contributed by atoms with Crippen LogP contribution >= 0.6 is 11.8 Å². The predicted octanol–water partition coefficient (Wildman–Crippen LogP) is 2.07. The van der Waals surface area contributed by atoms with Crippen molar-refractivity contribution in [2.75, 3.05) is 18.6 Å². The molecule has 2 rings (SSSR count). The molecular formula is C14H16N2O4S. The summed E-state index contributed by atoms with van der Waals surface area (Å²) < 4.78 is 4.80. The van der Waals surface area contributed by atoms with Gasteiger partial charge in [-0.2, -0.15) is 0 Å². The first kappa shape index (κ1) is 15.4. The molecule has 0 saturated carbocycles. The fourth-order valence-corrected chi connectivity index (χ4v) is 2.84. The number of hydrogen-bond donors (Lipinski definition) is 1. The van der Waals surface area contributed by atoms with Gasteiger partial charge in [0.05, 0.1) is 19.7 Å². The van der Waals surface area contributed by atoms with Crippen molar-refractivity contribution in [2.45, 2.75) is 18.6 Å². The molecule has 1 aliphatic rings. The minimum atomic E-state index is -0.686. The number of amides is 2. The van der Waals surface area contributed by atoms with E-state index in [1.165, 1.54) is 0 Å². The summed E-state index contributed by atoms with van der Waals surface area (Å²) in [4.78, 5) is 36.5. The Morgan fingerprint density at radius 3 is 2.71 bits per heavy atom. The number of para-hydroxylation sites is 1. The van der Waals surface area contributed by atoms with E-state index in [0.717, 1.165) is 22.3 Å². The topological polar surface area (TPSA) is 75.7 Å². The maximum absolute atomic E-state index is 12.1. The molecule has 1 atom stereocenters. The molecule has 1 saturated heterocycles. The third-order valence-electron chi connectivity index (χ3n) is 2.88. The van der Waals surface area contributed by atoms with Gasteiger partial charge in [0.25, 0.3) is 5.24 Å². The summed E-state index contributed by atoms with van der Waals surface area (Å²) in [6, 6.07) is 9.27. The van der Waals surface area contributed by atoms with Gasteiger partial charge in [-0.1, -0.05) is 30.0 Å². The van der Waals surface area contributed by atoms with Crippen LogP contribution in [-0.2, 0) is 14.3 Å². The van der Waals surface area contributed by atoms with Gasteiger partial charge in [0.2, 0.25) is 5.91 Å². The number of nitrogens with zero attached hydrogens (tertiary/aromatic N) is 1. The van der Waals surface area contributed by atoms with Crippen LogP contribution in [0, 0.1) is 0 Å². The lowest BCUT2D eigenvalue weighted by molar-refractivity contribution is -0.144. The maximum atomic E-state index is 12.1. The Kier molecular flexibility index (Phi) is 5.21. The quantitative estimate of drug-likeness (QED) is 0.811. The first-order valence-electron chi connectivity index (χ1n) is 6.58. The molecular weight excluding hydrogens is 292 g/mol. The number of ether oxygens (including phenoxy) is 1. The summed E-state index contributed by atoms with van der Waals surface area (Å²) in [5, 5.41) is 1.97. The van der Waals surface area contributed by atoms with Crippen molar-refractivity contribution in [3.63, 3.8) is 0 Å². The zero-order valence-electron chi connectivity index (χ0n) is 11.6. The molecule has 0 aliphatic carbocycles. The number of carbonyl (C=O) groups excluding carboxylic acids is 3. The number of esters is 1. The molecule has 1 fully saturated rings. The second-order valence-corrected chi connectivity index (χ2v) is 5.50. The van der Waals surface area contributed by atoms with Crippen LogP contribution < -0.4 is 5.32 Å². The van der Waals surface area contributed by atoms with E-state index in [1.54, 1.807) is 6.92 Å². The smallest absolute Gasteiger partial charge is 0.307 e. The molecule has 1 aromatic carbocycles. The number of benzene rings is 1. The van der Waals surface area contributed by atoms with Gasteiger partial charge in [0, 0.05) is 5.69 Å². The van der Waals surface area contributed by atoms with Gasteiger partial charge in [0.15, 0.2) is 0 Å². The average Bonchev–Trinajstić information content (AvgIpc) is 2.73. The standard InChI is InChI=1S/C14H16N2O4S/c1-2-20-12(17)8-11-13(18)16(14(19)21-11)9-15-10-6-4-3-5-7-10/h3-7,11,15H,2,8-9H2,1H3. The van der Waals surface area contributed by atoms with Crippen LogP contribution in [0.25, 0.3) is 0 Å². The highest BCUT2D eigenvalue weighted by atomic mass is 32.2. The second-order valence-electron chi connectivity index (χ2n) is 4.35. The number of thioether (sulfide) groups is 1. The monoisotopic (exact) mass is 308 g/mol. The first-order valence-corrected chi connectivity index (χ1v) is 7.46. The lowest BCUT2D eigenvalue weighted by Crippen LogP contribution is -2.36. The van der Waals surface area contributed by atoms with Crippen molar-refractivity contribution in [2.24, 2.45) is 0 Å². The van der Waals surface area contributed by atoms with Crippen molar-refractivity contribution < 1.29 is 19.1 Å². The third-order valence-corrected chi connectivity index (χ3v) is 3.95. The molecule has 1 aliphatic heterocycles. The lowest BCUT2D eigenvalue weighted by atomic mass is 10.3. The van der Waals surface area contributed by atoms with E-state index < -0.39 is 11.2 Å². The summed E-state index contributed by atoms with van der Waals surface area (Å²) in [6.45, 7) is 2.05. The Morgan fingerprint density at radius 2 is 2.05 bits per heavy atom. The van der Waals surface area contributed by atoms with Gasteiger partial charge in [-0.25, -0.2) is 0 Å². The Balaban J connectivity index is 1.91. The van der Waals surface area contributed by atoms with Crippen molar-refractivity contribution in [3.05, 3.63) is 30.3 Å². The van der Waals surface area contributed by atoms with Gasteiger partial charge >= 0.3 is 5.97 Å². The number of carbonyl (C=O) groups is 3. The zero-order valence-corrected chi connectivity index (χ0v) is 12.4. The molecule has 1 aromatic rings. The third kappa shape index (κ3) is 3.98. The van der Waals surface area contributed by atoms with Gasteiger partial charge in [-0.05, 0) is 19.1 Å². The average molecular weight is 308 g/mol. The summed E-state index contributed by atoms with van der Waals surface area (Å²) >= 11 is 0.868. The molecule has 0 radical (unpaired) electrons. The molecule has 6 nitrogen and oxygen atoms in total. The van der Waals surface area contributed by atoms with Crippen molar-refractivity contribution in [1.29, 1.82) is 0 Å². The molecule has 1 N–H and O–H groups in total. The highest BCUT2D eigenvalue weighted by Gasteiger charge is 2.40. The van der Waals surface area contributed by atoms with Crippen LogP contribution in [0.3, 0.4) is 0 Å². The molecule has 2 amide bonds. The van der Waals surface area contributed by atoms with Gasteiger partial charge in [0.1, 0.15) is 5.25 Å². The predicted molar refractivity (Wildman–Crippen MR) is 79.8 cm³/mol. The molecule has 0 spiro atoms. The number of hydrogen-bond acceptors (Lipinski definition) is 6. The Hall–Kier alpha value is -2.02. The van der Waals surface area contributed by atoms with Crippen LogP contribution in [-0.4, -0.2) is 40.5 Å². The SMILES string of the molecule is CCOC(=O)CC1SC(=O)N(CNc2ccccc2)C1=O. The Labute approximate surface area is 126 Å². The fraction of sp³-hybridized carbons (Fsp3) is 0.357. The highest BCUT2D eigenvalue weighted by Crippen LogP contribution is 2.29. The van der Waals surface area contributed by atoms with Crippen molar-refractivity contribution in [1.82, 2.24) is 4.90 Å². The zero-order chi connectivity index (χ0) is 15.2. The van der Waals surface area contributed by atoms with E-state index in [2.05, 4.69) is 5.32 Å². The Morgan fingerprint density at radius 1 is 1.33 bits per heavy atom. The maximum Gasteiger partial charge on any atom is 0.307 e. The summed E-state index contributed by atoms with van der Waals surface area (Å²) in [6.07, 6.45) is -0.0785. The largest absolute Gasteiger partial charge is 0.466 e. The highest BCUT2D eigenvalue weighted by molar-refractivity contribution is 8.15. The molecule has 1 unspecified atom stereocenters. The van der Waals surface area contributed by atoms with Gasteiger partial charge < -0.3 is 10.1 Å².